The van der Waals surface area contributed by atoms with Crippen molar-refractivity contribution in [2.45, 2.75) is 19.4 Å². The summed E-state index contributed by atoms with van der Waals surface area (Å²) in [6.45, 7) is 0.636. The van der Waals surface area contributed by atoms with Crippen LogP contribution in [-0.4, -0.2) is 17.6 Å². The molecule has 2 aromatic rings. The van der Waals surface area contributed by atoms with Gasteiger partial charge in [-0.1, -0.05) is 54.1 Å². The van der Waals surface area contributed by atoms with Crippen molar-refractivity contribution in [3.8, 4) is 0 Å². The summed E-state index contributed by atoms with van der Waals surface area (Å²) in [4.78, 5) is 11.9. The maximum atomic E-state index is 11.9. The summed E-state index contributed by atoms with van der Waals surface area (Å²) in [5.74, 6) is -0.0323. The molecule has 3 nitrogen and oxygen atoms in total. The van der Waals surface area contributed by atoms with Crippen LogP contribution in [0.25, 0.3) is 0 Å². The van der Waals surface area contributed by atoms with Crippen molar-refractivity contribution in [3.63, 3.8) is 0 Å². The molecule has 0 unspecified atom stereocenters. The van der Waals surface area contributed by atoms with E-state index in [1.807, 2.05) is 42.5 Å². The Kier molecular flexibility index (Phi) is 5.78. The second-order valence-corrected chi connectivity index (χ2v) is 5.25. The zero-order valence-electron chi connectivity index (χ0n) is 11.7. The molecule has 4 heteroatoms. The summed E-state index contributed by atoms with van der Waals surface area (Å²) in [6, 6.07) is 15.1. The summed E-state index contributed by atoms with van der Waals surface area (Å²) in [5, 5.41) is 12.5. The van der Waals surface area contributed by atoms with Gasteiger partial charge in [-0.15, -0.1) is 0 Å². The van der Waals surface area contributed by atoms with E-state index >= 15 is 0 Å². The summed E-state index contributed by atoms with van der Waals surface area (Å²) in [7, 11) is 0. The smallest absolute Gasteiger partial charge is 0.224 e. The Bertz CT molecular complexity index is 596. The average molecular weight is 304 g/mol. The predicted molar refractivity (Wildman–Crippen MR) is 84.2 cm³/mol. The van der Waals surface area contributed by atoms with Crippen molar-refractivity contribution >= 4 is 17.5 Å². The summed E-state index contributed by atoms with van der Waals surface area (Å²) in [6.07, 6.45) is 1.06. The standard InChI is InChI=1S/C17H18ClNO2/c18-16-4-2-1-3-15(16)11-17(21)19-10-9-13-5-7-14(12-20)8-6-13/h1-8,20H,9-12H2,(H,19,21). The highest BCUT2D eigenvalue weighted by molar-refractivity contribution is 6.31. The van der Waals surface area contributed by atoms with Crippen LogP contribution >= 0.6 is 11.6 Å². The van der Waals surface area contributed by atoms with Gasteiger partial charge in [-0.3, -0.25) is 4.79 Å². The molecule has 1 amide bonds. The predicted octanol–water partition coefficient (Wildman–Crippen LogP) is 2.73. The van der Waals surface area contributed by atoms with Crippen molar-refractivity contribution in [2.75, 3.05) is 6.54 Å². The Morgan fingerprint density at radius 1 is 1.05 bits per heavy atom. The van der Waals surface area contributed by atoms with Crippen LogP contribution in [0, 0.1) is 0 Å². The molecular formula is C17H18ClNO2. The SMILES string of the molecule is O=C(Cc1ccccc1Cl)NCCc1ccc(CO)cc1. The van der Waals surface area contributed by atoms with Crippen LogP contribution in [-0.2, 0) is 24.2 Å². The maximum Gasteiger partial charge on any atom is 0.224 e. The number of amides is 1. The first-order valence-corrected chi connectivity index (χ1v) is 7.25. The van der Waals surface area contributed by atoms with Gasteiger partial charge in [-0.25, -0.2) is 0 Å². The van der Waals surface area contributed by atoms with Crippen LogP contribution in [0.3, 0.4) is 0 Å². The molecule has 21 heavy (non-hydrogen) atoms. The highest BCUT2D eigenvalue weighted by Crippen LogP contribution is 2.15. The van der Waals surface area contributed by atoms with E-state index in [2.05, 4.69) is 5.32 Å². The van der Waals surface area contributed by atoms with E-state index in [1.165, 1.54) is 0 Å². The average Bonchev–Trinajstić information content (AvgIpc) is 2.50. The maximum absolute atomic E-state index is 11.9. The summed E-state index contributed by atoms with van der Waals surface area (Å²) in [5.41, 5.74) is 2.86. The molecule has 0 aliphatic rings. The van der Waals surface area contributed by atoms with Gasteiger partial charge in [0.1, 0.15) is 0 Å². The van der Waals surface area contributed by atoms with Crippen LogP contribution in [0.2, 0.25) is 5.02 Å². The summed E-state index contributed by atoms with van der Waals surface area (Å²) < 4.78 is 0. The lowest BCUT2D eigenvalue weighted by atomic mass is 10.1. The molecule has 0 saturated carbocycles. The molecule has 0 heterocycles. The van der Waals surface area contributed by atoms with E-state index in [0.29, 0.717) is 18.0 Å². The second-order valence-electron chi connectivity index (χ2n) is 4.84. The molecule has 0 saturated heterocycles. The topological polar surface area (TPSA) is 49.3 Å². The lowest BCUT2D eigenvalue weighted by molar-refractivity contribution is -0.120. The normalized spacial score (nSPS) is 10.4. The minimum atomic E-state index is -0.0323. The Morgan fingerprint density at radius 2 is 1.71 bits per heavy atom. The molecule has 0 fully saturated rings. The number of halogens is 1. The molecular weight excluding hydrogens is 286 g/mol. The van der Waals surface area contributed by atoms with Crippen LogP contribution in [0.1, 0.15) is 16.7 Å². The van der Waals surface area contributed by atoms with Crippen molar-refractivity contribution in [1.82, 2.24) is 5.32 Å². The van der Waals surface area contributed by atoms with Gasteiger partial charge >= 0.3 is 0 Å². The molecule has 110 valence electrons. The van der Waals surface area contributed by atoms with Crippen molar-refractivity contribution in [1.29, 1.82) is 0 Å². The van der Waals surface area contributed by atoms with Crippen molar-refractivity contribution in [3.05, 3.63) is 70.2 Å². The molecule has 2 rings (SSSR count). The zero-order valence-corrected chi connectivity index (χ0v) is 12.4. The molecule has 0 spiro atoms. The largest absolute Gasteiger partial charge is 0.392 e. The number of hydrogen-bond donors (Lipinski definition) is 2. The third kappa shape index (κ3) is 4.88. The first-order chi connectivity index (χ1) is 10.2. The van der Waals surface area contributed by atoms with Gasteiger partial charge in [0.05, 0.1) is 13.0 Å². The van der Waals surface area contributed by atoms with Gasteiger partial charge in [0, 0.05) is 11.6 Å². The third-order valence-corrected chi connectivity index (χ3v) is 3.62. The number of benzene rings is 2. The van der Waals surface area contributed by atoms with Crippen LogP contribution in [0.15, 0.2) is 48.5 Å². The Hall–Kier alpha value is -1.84. The van der Waals surface area contributed by atoms with E-state index in [-0.39, 0.29) is 12.5 Å². The molecule has 0 atom stereocenters. The second kappa shape index (κ2) is 7.81. The Morgan fingerprint density at radius 3 is 2.38 bits per heavy atom. The van der Waals surface area contributed by atoms with Gasteiger partial charge < -0.3 is 10.4 Å². The number of nitrogens with one attached hydrogen (secondary N) is 1. The Balaban J connectivity index is 1.77. The van der Waals surface area contributed by atoms with Gasteiger partial charge in [-0.05, 0) is 29.2 Å². The van der Waals surface area contributed by atoms with E-state index < -0.39 is 0 Å². The van der Waals surface area contributed by atoms with Gasteiger partial charge in [0.2, 0.25) is 5.91 Å². The molecule has 0 aromatic heterocycles. The molecule has 0 aliphatic heterocycles. The fraction of sp³-hybridized carbons (Fsp3) is 0.235. The number of carbonyl (C=O) groups excluding carboxylic acids is 1. The van der Waals surface area contributed by atoms with Crippen LogP contribution < -0.4 is 5.32 Å². The highest BCUT2D eigenvalue weighted by Gasteiger charge is 2.06. The van der Waals surface area contributed by atoms with E-state index in [0.717, 1.165) is 23.1 Å². The minimum absolute atomic E-state index is 0.0323. The van der Waals surface area contributed by atoms with Crippen LogP contribution in [0.4, 0.5) is 0 Å². The van der Waals surface area contributed by atoms with Crippen LogP contribution in [0.5, 0.6) is 0 Å². The number of rotatable bonds is 6. The van der Waals surface area contributed by atoms with E-state index in [9.17, 15) is 4.79 Å². The van der Waals surface area contributed by atoms with E-state index in [1.54, 1.807) is 6.07 Å². The zero-order chi connectivity index (χ0) is 15.1. The van der Waals surface area contributed by atoms with E-state index in [4.69, 9.17) is 16.7 Å². The number of carbonyl (C=O) groups is 1. The fourth-order valence-corrected chi connectivity index (χ4v) is 2.24. The lowest BCUT2D eigenvalue weighted by Gasteiger charge is -2.07. The van der Waals surface area contributed by atoms with Gasteiger partial charge in [0.15, 0.2) is 0 Å². The molecule has 0 bridgehead atoms. The highest BCUT2D eigenvalue weighted by atomic mass is 35.5. The van der Waals surface area contributed by atoms with Gasteiger partial charge in [-0.2, -0.15) is 0 Å². The molecule has 0 radical (unpaired) electrons. The quantitative estimate of drug-likeness (QED) is 0.862. The first kappa shape index (κ1) is 15.5. The fourth-order valence-electron chi connectivity index (χ4n) is 2.03. The molecule has 2 N–H and O–H groups in total. The number of hydrogen-bond acceptors (Lipinski definition) is 2. The third-order valence-electron chi connectivity index (χ3n) is 3.25. The lowest BCUT2D eigenvalue weighted by Crippen LogP contribution is -2.27. The van der Waals surface area contributed by atoms with Gasteiger partial charge in [0.25, 0.3) is 0 Å². The monoisotopic (exact) mass is 303 g/mol. The Labute approximate surface area is 129 Å². The van der Waals surface area contributed by atoms with Crippen molar-refractivity contribution < 1.29 is 9.90 Å². The summed E-state index contributed by atoms with van der Waals surface area (Å²) >= 11 is 6.03. The molecule has 0 aliphatic carbocycles. The molecule has 2 aromatic carbocycles. The number of aliphatic hydroxyl groups excluding tert-OH is 1. The first-order valence-electron chi connectivity index (χ1n) is 6.88. The minimum Gasteiger partial charge on any atom is -0.392 e. The number of aliphatic hydroxyl groups is 1. The van der Waals surface area contributed by atoms with Crippen molar-refractivity contribution in [2.24, 2.45) is 0 Å².